The van der Waals surface area contributed by atoms with E-state index in [1.54, 1.807) is 10.7 Å². The van der Waals surface area contributed by atoms with E-state index in [-0.39, 0.29) is 17.4 Å². The number of nitrogens with one attached hydrogen (secondary N) is 1. The summed E-state index contributed by atoms with van der Waals surface area (Å²) in [4.78, 5) is 26.5. The highest BCUT2D eigenvalue weighted by atomic mass is 16.1. The second-order valence-electron chi connectivity index (χ2n) is 7.38. The number of carbonyl (C=O) groups is 1. The third-order valence-electron chi connectivity index (χ3n) is 5.20. The van der Waals surface area contributed by atoms with Gasteiger partial charge >= 0.3 is 0 Å². The molecule has 152 valence electrons. The molecule has 0 bridgehead atoms. The van der Waals surface area contributed by atoms with Crippen molar-refractivity contribution in [2.75, 3.05) is 20.6 Å². The summed E-state index contributed by atoms with van der Waals surface area (Å²) in [6.07, 6.45) is 2.62. The highest BCUT2D eigenvalue weighted by Gasteiger charge is 2.15. The molecule has 0 aliphatic carbocycles. The molecule has 1 N–H and O–H groups in total. The summed E-state index contributed by atoms with van der Waals surface area (Å²) < 4.78 is 1.71. The van der Waals surface area contributed by atoms with E-state index in [0.717, 1.165) is 11.9 Å². The minimum Gasteiger partial charge on any atom is -0.354 e. The summed E-state index contributed by atoms with van der Waals surface area (Å²) in [5.41, 5.74) is 3.12. The van der Waals surface area contributed by atoms with Gasteiger partial charge in [0.2, 0.25) is 11.3 Å². The van der Waals surface area contributed by atoms with Crippen LogP contribution in [0, 0.1) is 0 Å². The van der Waals surface area contributed by atoms with Crippen molar-refractivity contribution in [3.63, 3.8) is 0 Å². The van der Waals surface area contributed by atoms with Gasteiger partial charge in [-0.25, -0.2) is 0 Å². The Kier molecular flexibility index (Phi) is 6.77. The number of hydrogen-bond donors (Lipinski definition) is 1. The Labute approximate surface area is 171 Å². The summed E-state index contributed by atoms with van der Waals surface area (Å²) in [5.74, 6) is -0.0355. The average Bonchev–Trinajstić information content (AvgIpc) is 2.74. The number of aryl methyl sites for hydroxylation is 2. The lowest BCUT2D eigenvalue weighted by Crippen LogP contribution is -2.35. The molecule has 3 rings (SSSR count). The first kappa shape index (κ1) is 20.7. The maximum atomic E-state index is 12.4. The number of aromatic nitrogens is 2. The molecule has 0 saturated heterocycles. The highest BCUT2D eigenvalue weighted by molar-refractivity contribution is 5.79. The van der Waals surface area contributed by atoms with Crippen molar-refractivity contribution in [2.45, 2.75) is 32.4 Å². The van der Waals surface area contributed by atoms with Gasteiger partial charge in [-0.15, -0.1) is 0 Å². The molecule has 0 radical (unpaired) electrons. The summed E-state index contributed by atoms with van der Waals surface area (Å²) in [5, 5.41) is 7.84. The molecule has 6 heteroatoms. The van der Waals surface area contributed by atoms with Crippen LogP contribution in [0.15, 0.2) is 59.5 Å². The molecule has 0 saturated carbocycles. The highest BCUT2D eigenvalue weighted by Crippen LogP contribution is 2.18. The molecule has 1 amide bonds. The topological polar surface area (TPSA) is 67.2 Å². The van der Waals surface area contributed by atoms with Gasteiger partial charge in [0.1, 0.15) is 0 Å². The van der Waals surface area contributed by atoms with Crippen molar-refractivity contribution in [3.05, 3.63) is 76.1 Å². The van der Waals surface area contributed by atoms with E-state index in [9.17, 15) is 9.59 Å². The summed E-state index contributed by atoms with van der Waals surface area (Å²) in [6, 6.07) is 16.0. The number of fused-ring (bicyclic) bond motifs is 1. The van der Waals surface area contributed by atoms with E-state index >= 15 is 0 Å². The van der Waals surface area contributed by atoms with Crippen LogP contribution < -0.4 is 10.7 Å². The van der Waals surface area contributed by atoms with Gasteiger partial charge in [0.15, 0.2) is 0 Å². The molecule has 0 aliphatic rings. The summed E-state index contributed by atoms with van der Waals surface area (Å²) in [7, 11) is 4.03. The van der Waals surface area contributed by atoms with E-state index in [0.29, 0.717) is 24.9 Å². The number of amides is 1. The van der Waals surface area contributed by atoms with Crippen molar-refractivity contribution in [1.29, 1.82) is 0 Å². The van der Waals surface area contributed by atoms with Gasteiger partial charge in [-0.1, -0.05) is 43.3 Å². The lowest BCUT2D eigenvalue weighted by atomic mass is 10.0. The van der Waals surface area contributed by atoms with Gasteiger partial charge in [-0.2, -0.15) is 5.10 Å². The third kappa shape index (κ3) is 5.09. The van der Waals surface area contributed by atoms with Crippen LogP contribution in [0.1, 0.15) is 30.5 Å². The zero-order chi connectivity index (χ0) is 20.8. The minimum absolute atomic E-state index is 0.0355. The van der Waals surface area contributed by atoms with Crippen LogP contribution >= 0.6 is 0 Å². The van der Waals surface area contributed by atoms with E-state index in [1.807, 2.05) is 32.3 Å². The molecule has 1 heterocycles. The van der Waals surface area contributed by atoms with Crippen molar-refractivity contribution in [3.8, 4) is 0 Å². The average molecular weight is 393 g/mol. The number of likely N-dealkylation sites (N-methyl/N-ethyl adjacent to an activating group) is 1. The van der Waals surface area contributed by atoms with Crippen molar-refractivity contribution >= 4 is 16.8 Å². The first-order chi connectivity index (χ1) is 14.0. The predicted molar refractivity (Wildman–Crippen MR) is 116 cm³/mol. The first-order valence-electron chi connectivity index (χ1n) is 9.96. The largest absolute Gasteiger partial charge is 0.354 e. The molecule has 0 fully saturated rings. The fourth-order valence-electron chi connectivity index (χ4n) is 3.42. The maximum Gasteiger partial charge on any atom is 0.221 e. The second-order valence-corrected chi connectivity index (χ2v) is 7.38. The van der Waals surface area contributed by atoms with Crippen LogP contribution in [0.3, 0.4) is 0 Å². The van der Waals surface area contributed by atoms with Gasteiger partial charge in [0, 0.05) is 18.4 Å². The zero-order valence-electron chi connectivity index (χ0n) is 17.3. The van der Waals surface area contributed by atoms with Crippen molar-refractivity contribution < 1.29 is 4.79 Å². The van der Waals surface area contributed by atoms with E-state index in [1.165, 1.54) is 17.3 Å². The molecule has 6 nitrogen and oxygen atoms in total. The number of benzene rings is 2. The Balaban J connectivity index is 1.61. The molecule has 1 aromatic heterocycles. The van der Waals surface area contributed by atoms with E-state index in [2.05, 4.69) is 46.5 Å². The van der Waals surface area contributed by atoms with Crippen molar-refractivity contribution in [2.24, 2.45) is 0 Å². The molecule has 0 aliphatic heterocycles. The first-order valence-corrected chi connectivity index (χ1v) is 9.96. The van der Waals surface area contributed by atoms with Crippen molar-refractivity contribution in [1.82, 2.24) is 20.0 Å². The predicted octanol–water partition coefficient (Wildman–Crippen LogP) is 2.77. The van der Waals surface area contributed by atoms with Crippen LogP contribution in [0.2, 0.25) is 0 Å². The molecule has 1 unspecified atom stereocenters. The van der Waals surface area contributed by atoms with Gasteiger partial charge in [0.05, 0.1) is 24.3 Å². The SMILES string of the molecule is CCc1ccc(C(CNC(=O)CCn2ncc(=O)c3ccccc32)N(C)C)cc1. The van der Waals surface area contributed by atoms with Gasteiger partial charge in [-0.05, 0) is 43.8 Å². The smallest absolute Gasteiger partial charge is 0.221 e. The number of nitrogens with zero attached hydrogens (tertiary/aromatic N) is 3. The number of rotatable bonds is 8. The fraction of sp³-hybridized carbons (Fsp3) is 0.348. The van der Waals surface area contributed by atoms with E-state index < -0.39 is 0 Å². The lowest BCUT2D eigenvalue weighted by molar-refractivity contribution is -0.121. The Morgan fingerprint density at radius 3 is 2.55 bits per heavy atom. The van der Waals surface area contributed by atoms with Gasteiger partial charge in [0.25, 0.3) is 0 Å². The number of carbonyl (C=O) groups excluding carboxylic acids is 1. The molecule has 2 aromatic carbocycles. The Bertz CT molecular complexity index is 1020. The number of para-hydroxylation sites is 1. The third-order valence-corrected chi connectivity index (χ3v) is 5.20. The molecular formula is C23H28N4O2. The van der Waals surface area contributed by atoms with Crippen LogP contribution in [0.4, 0.5) is 0 Å². The number of hydrogen-bond acceptors (Lipinski definition) is 4. The van der Waals surface area contributed by atoms with Crippen LogP contribution in [0.25, 0.3) is 10.9 Å². The normalized spacial score (nSPS) is 12.3. The summed E-state index contributed by atoms with van der Waals surface area (Å²) in [6.45, 7) is 3.10. The quantitative estimate of drug-likeness (QED) is 0.640. The second kappa shape index (κ2) is 9.47. The Morgan fingerprint density at radius 2 is 1.86 bits per heavy atom. The summed E-state index contributed by atoms with van der Waals surface area (Å²) >= 11 is 0. The molecular weight excluding hydrogens is 364 g/mol. The van der Waals surface area contributed by atoms with Gasteiger partial charge < -0.3 is 10.2 Å². The van der Waals surface area contributed by atoms with E-state index in [4.69, 9.17) is 0 Å². The minimum atomic E-state index is -0.107. The Morgan fingerprint density at radius 1 is 1.14 bits per heavy atom. The van der Waals surface area contributed by atoms with Crippen LogP contribution in [0.5, 0.6) is 0 Å². The standard InChI is InChI=1S/C23H28N4O2/c1-4-17-9-11-18(12-10-17)21(26(2)3)15-24-23(29)13-14-27-20-8-6-5-7-19(20)22(28)16-25-27/h5-12,16,21H,4,13-15H2,1-3H3,(H,24,29). The zero-order valence-corrected chi connectivity index (χ0v) is 17.3. The Hall–Kier alpha value is -2.99. The van der Waals surface area contributed by atoms with Crippen LogP contribution in [-0.4, -0.2) is 41.2 Å². The molecule has 0 spiro atoms. The monoisotopic (exact) mass is 392 g/mol. The molecule has 1 atom stereocenters. The van der Waals surface area contributed by atoms with Gasteiger partial charge in [-0.3, -0.25) is 14.3 Å². The van der Waals surface area contributed by atoms with Crippen LogP contribution in [-0.2, 0) is 17.8 Å². The lowest BCUT2D eigenvalue weighted by Gasteiger charge is -2.25. The molecule has 3 aromatic rings. The molecule has 29 heavy (non-hydrogen) atoms. The maximum absolute atomic E-state index is 12.4. The fourth-order valence-corrected chi connectivity index (χ4v) is 3.42.